The fourth-order valence-electron chi connectivity index (χ4n) is 3.47. The zero-order valence-corrected chi connectivity index (χ0v) is 19.1. The molecule has 0 aliphatic carbocycles. The van der Waals surface area contributed by atoms with Crippen LogP contribution < -0.4 is 4.74 Å². The number of phenols is 1. The van der Waals surface area contributed by atoms with Crippen molar-refractivity contribution in [2.24, 2.45) is 0 Å². The van der Waals surface area contributed by atoms with Gasteiger partial charge in [0.05, 0.1) is 11.2 Å². The van der Waals surface area contributed by atoms with Gasteiger partial charge in [-0.1, -0.05) is 12.1 Å². The van der Waals surface area contributed by atoms with Crippen LogP contribution in [0.3, 0.4) is 0 Å². The van der Waals surface area contributed by atoms with Gasteiger partial charge in [-0.05, 0) is 42.8 Å². The summed E-state index contributed by atoms with van der Waals surface area (Å²) >= 11 is 1.49. The normalized spacial score (nSPS) is 15.0. The minimum absolute atomic E-state index is 0.109. The highest BCUT2D eigenvalue weighted by atomic mass is 32.2. The summed E-state index contributed by atoms with van der Waals surface area (Å²) in [6.45, 7) is 2.92. The molecule has 8 nitrogen and oxygen atoms in total. The maximum atomic E-state index is 13.0. The molecule has 0 atom stereocenters. The number of ether oxygens (including phenoxy) is 1. The number of phenolic OH excluding ortho intramolecular Hbond substituents is 1. The molecular weight excluding hydrogens is 450 g/mol. The maximum Gasteiger partial charge on any atom is 0.254 e. The van der Waals surface area contributed by atoms with Crippen LogP contribution in [0.15, 0.2) is 58.3 Å². The van der Waals surface area contributed by atoms with E-state index in [-0.39, 0.29) is 42.7 Å². The Morgan fingerprint density at radius 1 is 1.16 bits per heavy atom. The van der Waals surface area contributed by atoms with Gasteiger partial charge in [-0.3, -0.25) is 4.79 Å². The van der Waals surface area contributed by atoms with Crippen LogP contribution >= 0.6 is 11.3 Å². The molecule has 0 unspecified atom stereocenters. The van der Waals surface area contributed by atoms with Crippen molar-refractivity contribution in [2.75, 3.05) is 26.2 Å². The molecule has 1 N–H and O–H groups in total. The fraction of sp³-hybridized carbons (Fsp3) is 0.273. The van der Waals surface area contributed by atoms with E-state index in [1.165, 1.54) is 27.8 Å². The lowest BCUT2D eigenvalue weighted by Gasteiger charge is -2.34. The third kappa shape index (κ3) is 4.77. The molecule has 0 saturated carbocycles. The molecule has 2 heterocycles. The van der Waals surface area contributed by atoms with E-state index >= 15 is 0 Å². The number of benzene rings is 2. The maximum absolute atomic E-state index is 13.0. The van der Waals surface area contributed by atoms with Crippen LogP contribution in [0.4, 0.5) is 0 Å². The SMILES string of the molecule is Cc1ccc(O)c(S(=O)(=O)N2CCN(C(=O)c3cccc(OCc4cscn4)c3)CC2)c1. The van der Waals surface area contributed by atoms with E-state index in [0.717, 1.165) is 11.3 Å². The van der Waals surface area contributed by atoms with E-state index in [4.69, 9.17) is 4.74 Å². The minimum atomic E-state index is -3.84. The number of hydrogen-bond donors (Lipinski definition) is 1. The predicted molar refractivity (Wildman–Crippen MR) is 120 cm³/mol. The Morgan fingerprint density at radius 2 is 1.94 bits per heavy atom. The molecule has 1 saturated heterocycles. The molecule has 0 radical (unpaired) electrons. The van der Waals surface area contributed by atoms with E-state index in [1.54, 1.807) is 47.7 Å². The monoisotopic (exact) mass is 473 g/mol. The molecule has 1 aromatic heterocycles. The first-order valence-electron chi connectivity index (χ1n) is 10.0. The van der Waals surface area contributed by atoms with Crippen molar-refractivity contribution in [3.8, 4) is 11.5 Å². The van der Waals surface area contributed by atoms with Crippen molar-refractivity contribution < 1.29 is 23.1 Å². The van der Waals surface area contributed by atoms with E-state index in [1.807, 2.05) is 5.38 Å². The largest absolute Gasteiger partial charge is 0.507 e. The molecule has 32 heavy (non-hydrogen) atoms. The number of carbonyl (C=O) groups is 1. The summed E-state index contributed by atoms with van der Waals surface area (Å²) in [7, 11) is -3.84. The summed E-state index contributed by atoms with van der Waals surface area (Å²) in [6, 6.07) is 11.4. The molecule has 0 bridgehead atoms. The topological polar surface area (TPSA) is 100 Å². The van der Waals surface area contributed by atoms with Crippen molar-refractivity contribution in [2.45, 2.75) is 18.4 Å². The van der Waals surface area contributed by atoms with Gasteiger partial charge in [0.1, 0.15) is 23.0 Å². The Kier molecular flexibility index (Phi) is 6.45. The van der Waals surface area contributed by atoms with Gasteiger partial charge in [0.15, 0.2) is 0 Å². The van der Waals surface area contributed by atoms with Crippen molar-refractivity contribution in [1.29, 1.82) is 0 Å². The number of hydrogen-bond acceptors (Lipinski definition) is 7. The first-order chi connectivity index (χ1) is 15.3. The standard InChI is InChI=1S/C22H23N3O5S2/c1-16-5-6-20(26)21(11-16)32(28,29)25-9-7-24(8-10-25)22(27)17-3-2-4-19(12-17)30-13-18-14-31-15-23-18/h2-6,11-12,14-15,26H,7-10,13H2,1H3. The van der Waals surface area contributed by atoms with Crippen molar-refractivity contribution >= 4 is 27.3 Å². The van der Waals surface area contributed by atoms with Crippen LogP contribution in [0.2, 0.25) is 0 Å². The predicted octanol–water partition coefficient (Wildman–Crippen LogP) is 2.88. The Morgan fingerprint density at radius 3 is 2.66 bits per heavy atom. The van der Waals surface area contributed by atoms with Gasteiger partial charge in [-0.25, -0.2) is 13.4 Å². The van der Waals surface area contributed by atoms with E-state index in [2.05, 4.69) is 4.98 Å². The summed E-state index contributed by atoms with van der Waals surface area (Å²) in [5.41, 5.74) is 3.78. The van der Waals surface area contributed by atoms with E-state index < -0.39 is 10.0 Å². The number of sulfonamides is 1. The Labute approximate surface area is 190 Å². The lowest BCUT2D eigenvalue weighted by Crippen LogP contribution is -2.50. The smallest absolute Gasteiger partial charge is 0.254 e. The third-order valence-corrected chi connectivity index (χ3v) is 7.77. The number of piperazine rings is 1. The summed E-state index contributed by atoms with van der Waals surface area (Å²) in [6.07, 6.45) is 0. The number of amides is 1. The highest BCUT2D eigenvalue weighted by molar-refractivity contribution is 7.89. The van der Waals surface area contributed by atoms with Gasteiger partial charge in [-0.15, -0.1) is 11.3 Å². The van der Waals surface area contributed by atoms with Gasteiger partial charge in [0.25, 0.3) is 5.91 Å². The van der Waals surface area contributed by atoms with Crippen LogP contribution in [-0.4, -0.2) is 59.8 Å². The van der Waals surface area contributed by atoms with Crippen LogP contribution in [0.1, 0.15) is 21.6 Å². The van der Waals surface area contributed by atoms with E-state index in [9.17, 15) is 18.3 Å². The number of rotatable bonds is 6. The molecule has 3 aromatic rings. The molecule has 4 rings (SSSR count). The summed E-state index contributed by atoms with van der Waals surface area (Å²) in [4.78, 5) is 18.6. The summed E-state index contributed by atoms with van der Waals surface area (Å²) in [5.74, 6) is 0.114. The lowest BCUT2D eigenvalue weighted by molar-refractivity contribution is 0.0697. The van der Waals surface area contributed by atoms with Gasteiger partial charge in [-0.2, -0.15) is 4.31 Å². The van der Waals surface area contributed by atoms with Crippen LogP contribution in [-0.2, 0) is 16.6 Å². The number of aromatic nitrogens is 1. The summed E-state index contributed by atoms with van der Waals surface area (Å²) in [5, 5.41) is 11.9. The zero-order chi connectivity index (χ0) is 22.7. The molecule has 1 aliphatic rings. The van der Waals surface area contributed by atoms with Crippen LogP contribution in [0, 0.1) is 6.92 Å². The van der Waals surface area contributed by atoms with Crippen molar-refractivity contribution in [3.05, 3.63) is 70.2 Å². The van der Waals surface area contributed by atoms with E-state index in [0.29, 0.717) is 17.9 Å². The number of nitrogens with zero attached hydrogens (tertiary/aromatic N) is 3. The van der Waals surface area contributed by atoms with Crippen LogP contribution in [0.25, 0.3) is 0 Å². The lowest BCUT2D eigenvalue weighted by atomic mass is 10.1. The van der Waals surface area contributed by atoms with Gasteiger partial charge in [0.2, 0.25) is 10.0 Å². The first-order valence-corrected chi connectivity index (χ1v) is 12.4. The molecule has 10 heteroatoms. The average Bonchev–Trinajstić information content (AvgIpc) is 3.33. The van der Waals surface area contributed by atoms with Crippen molar-refractivity contribution in [1.82, 2.24) is 14.2 Å². The molecule has 2 aromatic carbocycles. The Hall–Kier alpha value is -2.95. The van der Waals surface area contributed by atoms with Gasteiger partial charge >= 0.3 is 0 Å². The minimum Gasteiger partial charge on any atom is -0.507 e. The number of thiazole rings is 1. The second-order valence-corrected chi connectivity index (χ2v) is 10.1. The molecule has 168 valence electrons. The zero-order valence-electron chi connectivity index (χ0n) is 17.5. The molecular formula is C22H23N3O5S2. The number of aryl methyl sites for hydroxylation is 1. The fourth-order valence-corrected chi connectivity index (χ4v) is 5.60. The quantitative estimate of drug-likeness (QED) is 0.591. The highest BCUT2D eigenvalue weighted by Crippen LogP contribution is 2.27. The summed E-state index contributed by atoms with van der Waals surface area (Å²) < 4.78 is 33.0. The van der Waals surface area contributed by atoms with Gasteiger partial charge < -0.3 is 14.7 Å². The second-order valence-electron chi connectivity index (χ2n) is 7.46. The van der Waals surface area contributed by atoms with Crippen molar-refractivity contribution in [3.63, 3.8) is 0 Å². The Bertz CT molecular complexity index is 1200. The Balaban J connectivity index is 1.40. The highest BCUT2D eigenvalue weighted by Gasteiger charge is 2.32. The molecule has 0 spiro atoms. The number of aromatic hydroxyl groups is 1. The van der Waals surface area contributed by atoms with Crippen LogP contribution in [0.5, 0.6) is 11.5 Å². The average molecular weight is 474 g/mol. The molecule has 1 fully saturated rings. The number of carbonyl (C=O) groups excluding carboxylic acids is 1. The second kappa shape index (κ2) is 9.27. The third-order valence-electron chi connectivity index (χ3n) is 5.21. The first kappa shape index (κ1) is 22.3. The molecule has 1 amide bonds. The molecule has 1 aliphatic heterocycles. The van der Waals surface area contributed by atoms with Gasteiger partial charge in [0, 0.05) is 37.1 Å².